The number of esters is 1. The predicted octanol–water partition coefficient (Wildman–Crippen LogP) is 1.44. The fourth-order valence-electron chi connectivity index (χ4n) is 1.29. The van der Waals surface area contributed by atoms with Crippen LogP contribution in [-0.4, -0.2) is 42.6 Å². The number of imidazole rings is 1. The van der Waals surface area contributed by atoms with Gasteiger partial charge in [-0.15, -0.1) is 0 Å². The van der Waals surface area contributed by atoms with Gasteiger partial charge in [0.15, 0.2) is 6.29 Å². The van der Waals surface area contributed by atoms with Gasteiger partial charge in [-0.05, 0) is 22.9 Å². The largest absolute Gasteiger partial charge is 0.460 e. The Morgan fingerprint density at radius 1 is 1.53 bits per heavy atom. The Morgan fingerprint density at radius 2 is 2.18 bits per heavy atom. The van der Waals surface area contributed by atoms with Crippen molar-refractivity contribution in [3.63, 3.8) is 0 Å². The monoisotopic (exact) mass is 306 g/mol. The van der Waals surface area contributed by atoms with Crippen LogP contribution in [0.5, 0.6) is 0 Å². The van der Waals surface area contributed by atoms with Gasteiger partial charge in [0, 0.05) is 20.4 Å². The van der Waals surface area contributed by atoms with E-state index in [4.69, 9.17) is 14.2 Å². The number of hydrogen-bond acceptors (Lipinski definition) is 5. The molecule has 0 saturated carbocycles. The Morgan fingerprint density at radius 3 is 2.71 bits per heavy atom. The van der Waals surface area contributed by atoms with Crippen LogP contribution in [0.3, 0.4) is 0 Å². The minimum Gasteiger partial charge on any atom is -0.460 e. The van der Waals surface area contributed by atoms with E-state index in [1.165, 1.54) is 14.2 Å². The molecule has 0 aliphatic rings. The summed E-state index contributed by atoms with van der Waals surface area (Å²) in [6.45, 7) is 2.41. The minimum absolute atomic E-state index is 0.220. The fraction of sp³-hybridized carbons (Fsp3) is 0.600. The molecule has 0 amide bonds. The van der Waals surface area contributed by atoms with Crippen LogP contribution in [0.2, 0.25) is 0 Å². The van der Waals surface area contributed by atoms with Crippen LogP contribution in [0.25, 0.3) is 0 Å². The number of rotatable bonds is 6. The summed E-state index contributed by atoms with van der Waals surface area (Å²) >= 11 is 3.21. The van der Waals surface area contributed by atoms with Gasteiger partial charge < -0.3 is 18.8 Å². The van der Waals surface area contributed by atoms with Crippen LogP contribution >= 0.6 is 15.9 Å². The summed E-state index contributed by atoms with van der Waals surface area (Å²) in [6.07, 6.45) is 1.24. The standard InChI is InChI=1S/C10H15BrN2O4/c1-4-17-10(14)9-12-7(11)5-13(9)6-8(15-2)16-3/h5,8H,4,6H2,1-3H3. The number of hydrogen-bond donors (Lipinski definition) is 0. The van der Waals surface area contributed by atoms with Crippen molar-refractivity contribution in [1.29, 1.82) is 0 Å². The van der Waals surface area contributed by atoms with Crippen LogP contribution in [-0.2, 0) is 20.8 Å². The molecule has 1 rings (SSSR count). The van der Waals surface area contributed by atoms with E-state index < -0.39 is 12.3 Å². The van der Waals surface area contributed by atoms with Gasteiger partial charge in [0.1, 0.15) is 4.60 Å². The third-order valence-corrected chi connectivity index (χ3v) is 2.46. The molecule has 0 N–H and O–H groups in total. The summed E-state index contributed by atoms with van der Waals surface area (Å²) < 4.78 is 17.2. The first-order valence-corrected chi connectivity index (χ1v) is 5.87. The van der Waals surface area contributed by atoms with Crippen LogP contribution in [0.4, 0.5) is 0 Å². The molecular formula is C10H15BrN2O4. The molecule has 96 valence electrons. The molecule has 0 spiro atoms. The average molecular weight is 307 g/mol. The molecule has 0 aromatic carbocycles. The van der Waals surface area contributed by atoms with Crippen molar-refractivity contribution >= 4 is 21.9 Å². The van der Waals surface area contributed by atoms with E-state index in [0.29, 0.717) is 17.8 Å². The second-order valence-corrected chi connectivity index (χ2v) is 3.97. The van der Waals surface area contributed by atoms with Gasteiger partial charge in [-0.25, -0.2) is 9.78 Å². The quantitative estimate of drug-likeness (QED) is 0.588. The van der Waals surface area contributed by atoms with E-state index in [-0.39, 0.29) is 5.82 Å². The number of carbonyl (C=O) groups is 1. The summed E-state index contributed by atoms with van der Waals surface area (Å²) in [6, 6.07) is 0. The molecule has 7 heteroatoms. The average Bonchev–Trinajstić information content (AvgIpc) is 2.67. The highest BCUT2D eigenvalue weighted by Crippen LogP contribution is 2.12. The van der Waals surface area contributed by atoms with Gasteiger partial charge in [0.25, 0.3) is 0 Å². The summed E-state index contributed by atoms with van der Waals surface area (Å²) in [5, 5.41) is 0. The molecule has 1 heterocycles. The van der Waals surface area contributed by atoms with Crippen molar-refractivity contribution in [3.05, 3.63) is 16.6 Å². The summed E-state index contributed by atoms with van der Waals surface area (Å²) in [5.41, 5.74) is 0. The molecule has 0 aliphatic carbocycles. The summed E-state index contributed by atoms with van der Waals surface area (Å²) in [5.74, 6) is -0.248. The lowest BCUT2D eigenvalue weighted by molar-refractivity contribution is -0.111. The first-order chi connectivity index (χ1) is 8.12. The van der Waals surface area contributed by atoms with Crippen molar-refractivity contribution in [3.8, 4) is 0 Å². The van der Waals surface area contributed by atoms with Crippen molar-refractivity contribution in [2.24, 2.45) is 0 Å². The van der Waals surface area contributed by atoms with Crippen molar-refractivity contribution in [2.45, 2.75) is 19.8 Å². The third kappa shape index (κ3) is 3.79. The SMILES string of the molecule is CCOC(=O)c1nc(Br)cn1CC(OC)OC. The number of ether oxygens (including phenoxy) is 3. The molecular weight excluding hydrogens is 292 g/mol. The van der Waals surface area contributed by atoms with Crippen LogP contribution in [0.1, 0.15) is 17.5 Å². The van der Waals surface area contributed by atoms with E-state index in [9.17, 15) is 4.79 Å². The molecule has 0 radical (unpaired) electrons. The molecule has 0 atom stereocenters. The highest BCUT2D eigenvalue weighted by Gasteiger charge is 2.18. The zero-order valence-corrected chi connectivity index (χ0v) is 11.6. The Labute approximate surface area is 108 Å². The van der Waals surface area contributed by atoms with Gasteiger partial charge in [-0.3, -0.25) is 0 Å². The smallest absolute Gasteiger partial charge is 0.374 e. The highest BCUT2D eigenvalue weighted by atomic mass is 79.9. The molecule has 0 unspecified atom stereocenters. The van der Waals surface area contributed by atoms with Gasteiger partial charge in [0.05, 0.1) is 13.2 Å². The van der Waals surface area contributed by atoms with E-state index in [1.807, 2.05) is 0 Å². The van der Waals surface area contributed by atoms with Crippen LogP contribution in [0, 0.1) is 0 Å². The summed E-state index contributed by atoms with van der Waals surface area (Å²) in [4.78, 5) is 15.7. The number of nitrogens with zero attached hydrogens (tertiary/aromatic N) is 2. The highest BCUT2D eigenvalue weighted by molar-refractivity contribution is 9.10. The van der Waals surface area contributed by atoms with Gasteiger partial charge in [-0.2, -0.15) is 0 Å². The Bertz CT molecular complexity index is 376. The lowest BCUT2D eigenvalue weighted by Crippen LogP contribution is -2.23. The molecule has 0 bridgehead atoms. The number of methoxy groups -OCH3 is 2. The number of aromatic nitrogens is 2. The molecule has 6 nitrogen and oxygen atoms in total. The lowest BCUT2D eigenvalue weighted by Gasteiger charge is -2.14. The Hall–Kier alpha value is -0.920. The predicted molar refractivity (Wildman–Crippen MR) is 63.7 cm³/mol. The van der Waals surface area contributed by atoms with Gasteiger partial charge in [0.2, 0.25) is 5.82 Å². The second kappa shape index (κ2) is 6.73. The van der Waals surface area contributed by atoms with Crippen molar-refractivity contribution in [1.82, 2.24) is 9.55 Å². The van der Waals surface area contributed by atoms with E-state index in [0.717, 1.165) is 0 Å². The number of carbonyl (C=O) groups excluding carboxylic acids is 1. The van der Waals surface area contributed by atoms with E-state index in [1.54, 1.807) is 17.7 Å². The second-order valence-electron chi connectivity index (χ2n) is 3.16. The maximum atomic E-state index is 11.6. The third-order valence-electron chi connectivity index (χ3n) is 2.08. The molecule has 1 aromatic rings. The minimum atomic E-state index is -0.468. The topological polar surface area (TPSA) is 62.6 Å². The first-order valence-electron chi connectivity index (χ1n) is 5.07. The van der Waals surface area contributed by atoms with Crippen LogP contribution < -0.4 is 0 Å². The van der Waals surface area contributed by atoms with E-state index in [2.05, 4.69) is 20.9 Å². The Balaban J connectivity index is 2.87. The van der Waals surface area contributed by atoms with Gasteiger partial charge in [-0.1, -0.05) is 0 Å². The normalized spacial score (nSPS) is 10.9. The number of halogens is 1. The van der Waals surface area contributed by atoms with E-state index >= 15 is 0 Å². The van der Waals surface area contributed by atoms with Crippen LogP contribution in [0.15, 0.2) is 10.8 Å². The molecule has 0 fully saturated rings. The molecule has 17 heavy (non-hydrogen) atoms. The van der Waals surface area contributed by atoms with Crippen molar-refractivity contribution < 1.29 is 19.0 Å². The van der Waals surface area contributed by atoms with Gasteiger partial charge >= 0.3 is 5.97 Å². The first kappa shape index (κ1) is 14.1. The zero-order chi connectivity index (χ0) is 12.8. The summed E-state index contributed by atoms with van der Waals surface area (Å²) in [7, 11) is 3.06. The van der Waals surface area contributed by atoms with Crippen molar-refractivity contribution in [2.75, 3.05) is 20.8 Å². The Kier molecular flexibility index (Phi) is 5.60. The zero-order valence-electron chi connectivity index (χ0n) is 9.97. The maximum Gasteiger partial charge on any atom is 0.374 e. The molecule has 1 aromatic heterocycles. The fourth-order valence-corrected chi connectivity index (χ4v) is 1.70. The lowest BCUT2D eigenvalue weighted by atomic mass is 10.5. The molecule has 0 aliphatic heterocycles. The molecule has 0 saturated heterocycles. The maximum absolute atomic E-state index is 11.6.